The molecule has 0 bridgehead atoms. The van der Waals surface area contributed by atoms with E-state index in [-0.39, 0.29) is 23.3 Å². The van der Waals surface area contributed by atoms with Gasteiger partial charge < -0.3 is 15.5 Å². The summed E-state index contributed by atoms with van der Waals surface area (Å²) in [6, 6.07) is 8.66. The van der Waals surface area contributed by atoms with E-state index in [1.54, 1.807) is 30.3 Å². The molecule has 1 aromatic rings. The molecule has 0 fully saturated rings. The van der Waals surface area contributed by atoms with Crippen LogP contribution < -0.4 is 5.32 Å². The lowest BCUT2D eigenvalue weighted by Gasteiger charge is -2.18. The van der Waals surface area contributed by atoms with Crippen LogP contribution in [0.15, 0.2) is 47.7 Å². The highest BCUT2D eigenvalue weighted by atomic mass is 16.4. The molecule has 1 aliphatic heterocycles. The molecule has 3 N–H and O–H groups in total. The van der Waals surface area contributed by atoms with Crippen LogP contribution in [0, 0.1) is 0 Å². The Kier molecular flexibility index (Phi) is 3.14. The molecule has 5 nitrogen and oxygen atoms in total. The predicted octanol–water partition coefficient (Wildman–Crippen LogP) is 1.10. The molecule has 0 saturated carbocycles. The molecule has 5 heteroatoms. The molecule has 0 aromatic heterocycles. The van der Waals surface area contributed by atoms with Crippen LogP contribution in [0.4, 0.5) is 0 Å². The van der Waals surface area contributed by atoms with E-state index in [4.69, 9.17) is 10.2 Å². The number of hydrogen-bond donors (Lipinski definition) is 3. The first kappa shape index (κ1) is 11.9. The summed E-state index contributed by atoms with van der Waals surface area (Å²) in [7, 11) is 0. The van der Waals surface area contributed by atoms with E-state index in [0.717, 1.165) is 0 Å². The fourth-order valence-electron chi connectivity index (χ4n) is 1.86. The van der Waals surface area contributed by atoms with Gasteiger partial charge in [-0.15, -0.1) is 0 Å². The second-order valence-corrected chi connectivity index (χ2v) is 3.77. The molecule has 1 aromatic carbocycles. The van der Waals surface area contributed by atoms with E-state index in [1.807, 2.05) is 0 Å². The van der Waals surface area contributed by atoms with E-state index in [2.05, 4.69) is 5.32 Å². The van der Waals surface area contributed by atoms with Crippen molar-refractivity contribution in [2.75, 3.05) is 6.54 Å². The summed E-state index contributed by atoms with van der Waals surface area (Å²) in [5.74, 6) is -2.27. The Morgan fingerprint density at radius 3 is 2.28 bits per heavy atom. The van der Waals surface area contributed by atoms with Gasteiger partial charge in [0.15, 0.2) is 0 Å². The molecule has 18 heavy (non-hydrogen) atoms. The normalized spacial score (nSPS) is 14.8. The summed E-state index contributed by atoms with van der Waals surface area (Å²) < 4.78 is 0. The Morgan fingerprint density at radius 2 is 1.72 bits per heavy atom. The van der Waals surface area contributed by atoms with Gasteiger partial charge in [0.1, 0.15) is 0 Å². The topological polar surface area (TPSA) is 86.6 Å². The minimum atomic E-state index is -1.15. The first-order chi connectivity index (χ1) is 8.61. The highest BCUT2D eigenvalue weighted by Gasteiger charge is 2.25. The standard InChI is InChI=1S/C13H11NO4/c15-12(16)9-6-14-7-10(13(17)18)11(9)8-4-2-1-3-5-8/h1-6,14H,7H2,(H,15,16)(H,17,18). The van der Waals surface area contributed by atoms with Crippen LogP contribution in [0.3, 0.4) is 0 Å². The molecular formula is C13H11NO4. The largest absolute Gasteiger partial charge is 0.478 e. The van der Waals surface area contributed by atoms with Crippen LogP contribution in [-0.4, -0.2) is 28.7 Å². The van der Waals surface area contributed by atoms with E-state index in [1.165, 1.54) is 6.20 Å². The maximum Gasteiger partial charge on any atom is 0.337 e. The van der Waals surface area contributed by atoms with Crippen molar-refractivity contribution < 1.29 is 19.8 Å². The summed E-state index contributed by atoms with van der Waals surface area (Å²) in [5, 5.41) is 21.0. The van der Waals surface area contributed by atoms with Gasteiger partial charge in [0.2, 0.25) is 0 Å². The third-order valence-electron chi connectivity index (χ3n) is 2.65. The summed E-state index contributed by atoms with van der Waals surface area (Å²) in [5.41, 5.74) is 0.866. The third-order valence-corrected chi connectivity index (χ3v) is 2.65. The monoisotopic (exact) mass is 245 g/mol. The van der Waals surface area contributed by atoms with Gasteiger partial charge in [0.05, 0.1) is 11.1 Å². The number of rotatable bonds is 3. The second-order valence-electron chi connectivity index (χ2n) is 3.77. The Morgan fingerprint density at radius 1 is 1.06 bits per heavy atom. The number of nitrogens with one attached hydrogen (secondary N) is 1. The molecule has 2 rings (SSSR count). The Labute approximate surface area is 103 Å². The Bertz CT molecular complexity index is 558. The minimum Gasteiger partial charge on any atom is -0.478 e. The summed E-state index contributed by atoms with van der Waals surface area (Å²) in [4.78, 5) is 22.4. The number of carbonyl (C=O) groups is 2. The van der Waals surface area contributed by atoms with Gasteiger partial charge in [-0.25, -0.2) is 9.59 Å². The van der Waals surface area contributed by atoms with Gasteiger partial charge in [0.25, 0.3) is 0 Å². The lowest BCUT2D eigenvalue weighted by atomic mass is 9.91. The first-order valence-corrected chi connectivity index (χ1v) is 5.30. The quantitative estimate of drug-likeness (QED) is 0.742. The van der Waals surface area contributed by atoms with Crippen molar-refractivity contribution >= 4 is 17.5 Å². The maximum absolute atomic E-state index is 11.2. The van der Waals surface area contributed by atoms with Gasteiger partial charge in [0, 0.05) is 18.3 Å². The van der Waals surface area contributed by atoms with Gasteiger partial charge in [-0.2, -0.15) is 0 Å². The SMILES string of the molecule is O=C(O)C1=CNCC(C(=O)O)=C1c1ccccc1. The maximum atomic E-state index is 11.2. The van der Waals surface area contributed by atoms with E-state index >= 15 is 0 Å². The average Bonchev–Trinajstić information content (AvgIpc) is 2.38. The molecule has 0 radical (unpaired) electrons. The molecular weight excluding hydrogens is 234 g/mol. The van der Waals surface area contributed by atoms with Crippen LogP contribution in [0.2, 0.25) is 0 Å². The van der Waals surface area contributed by atoms with Crippen LogP contribution in [0.1, 0.15) is 5.56 Å². The summed E-state index contributed by atoms with van der Waals surface area (Å²) in [6.45, 7) is 0.107. The molecule has 1 heterocycles. The predicted molar refractivity (Wildman–Crippen MR) is 64.7 cm³/mol. The molecule has 0 saturated heterocycles. The zero-order valence-electron chi connectivity index (χ0n) is 9.38. The Hall–Kier alpha value is -2.56. The van der Waals surface area contributed by atoms with Crippen LogP contribution >= 0.6 is 0 Å². The zero-order chi connectivity index (χ0) is 13.1. The van der Waals surface area contributed by atoms with E-state index in [9.17, 15) is 9.59 Å². The van der Waals surface area contributed by atoms with Crippen molar-refractivity contribution in [1.82, 2.24) is 5.32 Å². The van der Waals surface area contributed by atoms with Gasteiger partial charge in [-0.3, -0.25) is 0 Å². The first-order valence-electron chi connectivity index (χ1n) is 5.30. The van der Waals surface area contributed by atoms with Crippen LogP contribution in [0.25, 0.3) is 5.57 Å². The fourth-order valence-corrected chi connectivity index (χ4v) is 1.86. The van der Waals surface area contributed by atoms with Crippen molar-refractivity contribution in [3.63, 3.8) is 0 Å². The van der Waals surface area contributed by atoms with Crippen LogP contribution in [0.5, 0.6) is 0 Å². The summed E-state index contributed by atoms with van der Waals surface area (Å²) in [6.07, 6.45) is 1.33. The Balaban J connectivity index is 2.63. The molecule has 0 atom stereocenters. The van der Waals surface area contributed by atoms with Crippen molar-refractivity contribution in [1.29, 1.82) is 0 Å². The van der Waals surface area contributed by atoms with Gasteiger partial charge in [-0.1, -0.05) is 30.3 Å². The molecule has 0 unspecified atom stereocenters. The number of hydrogen-bond acceptors (Lipinski definition) is 3. The fraction of sp³-hybridized carbons (Fsp3) is 0.0769. The lowest BCUT2D eigenvalue weighted by Crippen LogP contribution is -2.25. The summed E-state index contributed by atoms with van der Waals surface area (Å²) >= 11 is 0. The van der Waals surface area contributed by atoms with Gasteiger partial charge >= 0.3 is 11.9 Å². The smallest absolute Gasteiger partial charge is 0.337 e. The second kappa shape index (κ2) is 4.75. The number of carboxylic acid groups (broad SMARTS) is 2. The van der Waals surface area contributed by atoms with Crippen molar-refractivity contribution in [2.45, 2.75) is 0 Å². The van der Waals surface area contributed by atoms with Crippen molar-refractivity contribution in [3.8, 4) is 0 Å². The number of benzene rings is 1. The number of dihydropyridines is 1. The molecule has 0 amide bonds. The van der Waals surface area contributed by atoms with Crippen LogP contribution in [-0.2, 0) is 9.59 Å². The van der Waals surface area contributed by atoms with Crippen molar-refractivity contribution in [2.24, 2.45) is 0 Å². The zero-order valence-corrected chi connectivity index (χ0v) is 9.38. The number of aliphatic carboxylic acids is 2. The lowest BCUT2D eigenvalue weighted by molar-refractivity contribution is -0.132. The number of carboxylic acids is 2. The van der Waals surface area contributed by atoms with E-state index in [0.29, 0.717) is 5.56 Å². The molecule has 92 valence electrons. The molecule has 1 aliphatic rings. The highest BCUT2D eigenvalue weighted by Crippen LogP contribution is 2.28. The highest BCUT2D eigenvalue weighted by molar-refractivity contribution is 6.12. The average molecular weight is 245 g/mol. The van der Waals surface area contributed by atoms with Crippen molar-refractivity contribution in [3.05, 3.63) is 53.2 Å². The molecule has 0 spiro atoms. The van der Waals surface area contributed by atoms with Gasteiger partial charge in [-0.05, 0) is 5.56 Å². The third kappa shape index (κ3) is 2.10. The van der Waals surface area contributed by atoms with E-state index < -0.39 is 11.9 Å². The molecule has 0 aliphatic carbocycles. The minimum absolute atomic E-state index is 0.0372.